The summed E-state index contributed by atoms with van der Waals surface area (Å²) in [7, 11) is 0. The molecule has 2 atom stereocenters. The number of carbonyl (C=O) groups excluding carboxylic acids is 1. The van der Waals surface area contributed by atoms with E-state index in [-0.39, 0.29) is 36.3 Å². The fourth-order valence-corrected chi connectivity index (χ4v) is 3.45. The summed E-state index contributed by atoms with van der Waals surface area (Å²) in [5.41, 5.74) is 0.978. The molecule has 1 unspecified atom stereocenters. The molecule has 1 saturated heterocycles. The van der Waals surface area contributed by atoms with Crippen molar-refractivity contribution in [2.45, 2.75) is 51.6 Å². The van der Waals surface area contributed by atoms with Gasteiger partial charge in [-0.2, -0.15) is 0 Å². The number of piperidine rings is 1. The summed E-state index contributed by atoms with van der Waals surface area (Å²) in [6, 6.07) is 6.42. The maximum absolute atomic E-state index is 12.8. The van der Waals surface area contributed by atoms with E-state index in [1.165, 1.54) is 6.42 Å². The Morgan fingerprint density at radius 2 is 1.79 bits per heavy atom. The van der Waals surface area contributed by atoms with Crippen LogP contribution in [0.25, 0.3) is 0 Å². The molecule has 0 bridgehead atoms. The molecule has 1 aliphatic rings. The van der Waals surface area contributed by atoms with Gasteiger partial charge < -0.3 is 15.5 Å². The Bertz CT molecular complexity index is 510. The van der Waals surface area contributed by atoms with Crippen molar-refractivity contribution in [1.82, 2.24) is 10.2 Å². The first-order valence-electron chi connectivity index (χ1n) is 8.94. The number of likely N-dealkylation sites (tertiary alicyclic amines) is 1. The molecule has 0 spiro atoms. The van der Waals surface area contributed by atoms with Gasteiger partial charge in [0.2, 0.25) is 5.91 Å². The predicted molar refractivity (Wildman–Crippen MR) is 94.9 cm³/mol. The maximum Gasteiger partial charge on any atom is 0.237 e. The smallest absolute Gasteiger partial charge is 0.237 e. The average molecular weight is 334 g/mol. The summed E-state index contributed by atoms with van der Waals surface area (Å²) in [6.07, 6.45) is 4.08. The number of hydrogen-bond acceptors (Lipinski definition) is 4. The molecule has 1 heterocycles. The SMILES string of the molecule is CC(C)C(C(=O)N[C@H](CO)Cc1ccc(O)cc1)N1CCCCC1. The standard InChI is InChI=1S/C19H30N2O3/c1-14(2)18(21-10-4-3-5-11-21)19(24)20-16(13-22)12-15-6-8-17(23)9-7-15/h6-9,14,16,18,22-23H,3-5,10-13H2,1-2H3,(H,20,24)/t16-,18?/m0/s1. The lowest BCUT2D eigenvalue weighted by Gasteiger charge is -2.36. The summed E-state index contributed by atoms with van der Waals surface area (Å²) in [5, 5.41) is 22.0. The minimum Gasteiger partial charge on any atom is -0.508 e. The number of hydrogen-bond donors (Lipinski definition) is 3. The number of aliphatic hydroxyl groups is 1. The van der Waals surface area contributed by atoms with Crippen molar-refractivity contribution < 1.29 is 15.0 Å². The van der Waals surface area contributed by atoms with Crippen LogP contribution in [-0.2, 0) is 11.2 Å². The Morgan fingerprint density at radius 1 is 1.17 bits per heavy atom. The van der Waals surface area contributed by atoms with Gasteiger partial charge in [-0.25, -0.2) is 0 Å². The van der Waals surface area contributed by atoms with Crippen molar-refractivity contribution in [3.05, 3.63) is 29.8 Å². The number of phenolic OH excluding ortho intramolecular Hbond substituents is 1. The summed E-state index contributed by atoms with van der Waals surface area (Å²) in [4.78, 5) is 15.1. The van der Waals surface area contributed by atoms with Crippen LogP contribution in [0.4, 0.5) is 0 Å². The largest absolute Gasteiger partial charge is 0.508 e. The first-order chi connectivity index (χ1) is 11.5. The first kappa shape index (κ1) is 18.7. The fraction of sp³-hybridized carbons (Fsp3) is 0.632. The highest BCUT2D eigenvalue weighted by atomic mass is 16.3. The lowest BCUT2D eigenvalue weighted by atomic mass is 9.97. The number of aliphatic hydroxyl groups excluding tert-OH is 1. The molecule has 1 fully saturated rings. The quantitative estimate of drug-likeness (QED) is 0.712. The number of aromatic hydroxyl groups is 1. The maximum atomic E-state index is 12.8. The van der Waals surface area contributed by atoms with Crippen LogP contribution in [0.1, 0.15) is 38.7 Å². The molecule has 1 aromatic rings. The van der Waals surface area contributed by atoms with Gasteiger partial charge >= 0.3 is 0 Å². The minimum absolute atomic E-state index is 0.00438. The van der Waals surface area contributed by atoms with E-state index in [1.54, 1.807) is 12.1 Å². The van der Waals surface area contributed by atoms with Gasteiger partial charge in [-0.3, -0.25) is 9.69 Å². The third-order valence-corrected chi connectivity index (χ3v) is 4.67. The molecule has 1 amide bonds. The summed E-state index contributed by atoms with van der Waals surface area (Å²) in [6.45, 7) is 5.99. The highest BCUT2D eigenvalue weighted by molar-refractivity contribution is 5.82. The molecule has 0 radical (unpaired) electrons. The molecule has 24 heavy (non-hydrogen) atoms. The molecular weight excluding hydrogens is 304 g/mol. The van der Waals surface area contributed by atoms with E-state index in [0.29, 0.717) is 6.42 Å². The van der Waals surface area contributed by atoms with Gasteiger partial charge in [0.05, 0.1) is 18.7 Å². The van der Waals surface area contributed by atoms with E-state index in [1.807, 2.05) is 12.1 Å². The van der Waals surface area contributed by atoms with Gasteiger partial charge in [0.15, 0.2) is 0 Å². The Kier molecular flexibility index (Phi) is 7.06. The lowest BCUT2D eigenvalue weighted by Crippen LogP contribution is -2.54. The van der Waals surface area contributed by atoms with Gasteiger partial charge in [-0.1, -0.05) is 32.4 Å². The predicted octanol–water partition coefficient (Wildman–Crippen LogP) is 1.92. The zero-order chi connectivity index (χ0) is 17.5. The molecule has 0 aromatic heterocycles. The molecule has 5 heteroatoms. The number of nitrogens with zero attached hydrogens (tertiary/aromatic N) is 1. The van der Waals surface area contributed by atoms with E-state index >= 15 is 0 Å². The van der Waals surface area contributed by atoms with Crippen LogP contribution >= 0.6 is 0 Å². The number of phenols is 1. The van der Waals surface area contributed by atoms with Crippen molar-refractivity contribution in [2.75, 3.05) is 19.7 Å². The zero-order valence-electron chi connectivity index (χ0n) is 14.7. The van der Waals surface area contributed by atoms with Crippen molar-refractivity contribution >= 4 is 5.91 Å². The molecule has 2 rings (SSSR count). The fourth-order valence-electron chi connectivity index (χ4n) is 3.45. The second-order valence-corrected chi connectivity index (χ2v) is 7.04. The summed E-state index contributed by atoms with van der Waals surface area (Å²) in [5.74, 6) is 0.453. The second kappa shape index (κ2) is 9.04. The van der Waals surface area contributed by atoms with Gasteiger partial charge in [0.25, 0.3) is 0 Å². The molecule has 1 aliphatic heterocycles. The molecule has 134 valence electrons. The first-order valence-corrected chi connectivity index (χ1v) is 8.94. The number of rotatable bonds is 7. The minimum atomic E-state index is -0.312. The van der Waals surface area contributed by atoms with Crippen LogP contribution in [0.2, 0.25) is 0 Å². The Hall–Kier alpha value is -1.59. The number of carbonyl (C=O) groups is 1. The Labute approximate surface area is 144 Å². The van der Waals surface area contributed by atoms with E-state index in [2.05, 4.69) is 24.1 Å². The number of amides is 1. The third kappa shape index (κ3) is 5.21. The topological polar surface area (TPSA) is 72.8 Å². The lowest BCUT2D eigenvalue weighted by molar-refractivity contribution is -0.129. The van der Waals surface area contributed by atoms with Gasteiger partial charge in [0, 0.05) is 0 Å². The molecule has 0 saturated carbocycles. The van der Waals surface area contributed by atoms with Crippen LogP contribution in [0.5, 0.6) is 5.75 Å². The summed E-state index contributed by atoms with van der Waals surface area (Å²) >= 11 is 0. The Morgan fingerprint density at radius 3 is 2.33 bits per heavy atom. The number of nitrogens with one attached hydrogen (secondary N) is 1. The van der Waals surface area contributed by atoms with Crippen molar-refractivity contribution in [3.63, 3.8) is 0 Å². The van der Waals surface area contributed by atoms with Crippen LogP contribution in [0.3, 0.4) is 0 Å². The van der Waals surface area contributed by atoms with E-state index in [0.717, 1.165) is 31.5 Å². The van der Waals surface area contributed by atoms with E-state index in [9.17, 15) is 15.0 Å². The van der Waals surface area contributed by atoms with Crippen molar-refractivity contribution in [3.8, 4) is 5.75 Å². The third-order valence-electron chi connectivity index (χ3n) is 4.67. The Balaban J connectivity index is 1.98. The van der Waals surface area contributed by atoms with Crippen LogP contribution in [0, 0.1) is 5.92 Å². The van der Waals surface area contributed by atoms with Crippen molar-refractivity contribution in [2.24, 2.45) is 5.92 Å². The normalized spacial score (nSPS) is 18.3. The number of benzene rings is 1. The molecule has 5 nitrogen and oxygen atoms in total. The second-order valence-electron chi connectivity index (χ2n) is 7.04. The van der Waals surface area contributed by atoms with Gasteiger partial charge in [-0.05, 0) is 56.0 Å². The molecule has 0 aliphatic carbocycles. The molecular formula is C19H30N2O3. The average Bonchev–Trinajstić information content (AvgIpc) is 2.57. The highest BCUT2D eigenvalue weighted by Gasteiger charge is 2.30. The van der Waals surface area contributed by atoms with Crippen LogP contribution in [0.15, 0.2) is 24.3 Å². The van der Waals surface area contributed by atoms with Gasteiger partial charge in [0.1, 0.15) is 5.75 Å². The monoisotopic (exact) mass is 334 g/mol. The van der Waals surface area contributed by atoms with Gasteiger partial charge in [-0.15, -0.1) is 0 Å². The molecule has 1 aromatic carbocycles. The van der Waals surface area contributed by atoms with E-state index in [4.69, 9.17) is 0 Å². The summed E-state index contributed by atoms with van der Waals surface area (Å²) < 4.78 is 0. The highest BCUT2D eigenvalue weighted by Crippen LogP contribution is 2.18. The zero-order valence-corrected chi connectivity index (χ0v) is 14.7. The van der Waals surface area contributed by atoms with Crippen LogP contribution in [-0.4, -0.2) is 52.8 Å². The van der Waals surface area contributed by atoms with Crippen LogP contribution < -0.4 is 5.32 Å². The van der Waals surface area contributed by atoms with Crippen molar-refractivity contribution in [1.29, 1.82) is 0 Å². The molecule has 3 N–H and O–H groups in total. The van der Waals surface area contributed by atoms with E-state index < -0.39 is 0 Å².